The zero-order chi connectivity index (χ0) is 13.8. The van der Waals surface area contributed by atoms with Gasteiger partial charge in [0.2, 0.25) is 0 Å². The first kappa shape index (κ1) is 13.3. The van der Waals surface area contributed by atoms with Crippen LogP contribution in [0.15, 0.2) is 42.5 Å². The van der Waals surface area contributed by atoms with Gasteiger partial charge >= 0.3 is 0 Å². The molecule has 2 rings (SSSR count). The van der Waals surface area contributed by atoms with Crippen molar-refractivity contribution in [3.05, 3.63) is 59.7 Å². The van der Waals surface area contributed by atoms with Crippen molar-refractivity contribution in [2.75, 3.05) is 17.2 Å². The van der Waals surface area contributed by atoms with Crippen molar-refractivity contribution in [3.63, 3.8) is 0 Å². The minimum Gasteiger partial charge on any atom is -0.398 e. The molecular weight excluding hydrogens is 246 g/mol. The molecule has 4 heteroatoms. The van der Waals surface area contributed by atoms with Crippen LogP contribution >= 0.6 is 0 Å². The first-order valence-corrected chi connectivity index (χ1v) is 6.15. The number of halogens is 2. The van der Waals surface area contributed by atoms with E-state index in [2.05, 4.69) is 0 Å². The normalized spacial score (nSPS) is 10.5. The monoisotopic (exact) mass is 262 g/mol. The van der Waals surface area contributed by atoms with Crippen molar-refractivity contribution in [1.29, 1.82) is 0 Å². The number of nitrogens with zero attached hydrogens (tertiary/aromatic N) is 1. The highest BCUT2D eigenvalue weighted by molar-refractivity contribution is 5.52. The van der Waals surface area contributed by atoms with E-state index in [-0.39, 0.29) is 11.6 Å². The van der Waals surface area contributed by atoms with Crippen LogP contribution in [0.3, 0.4) is 0 Å². The van der Waals surface area contributed by atoms with Gasteiger partial charge < -0.3 is 10.6 Å². The van der Waals surface area contributed by atoms with Gasteiger partial charge in [0.05, 0.1) is 5.69 Å². The van der Waals surface area contributed by atoms with Crippen LogP contribution in [-0.2, 0) is 6.54 Å². The van der Waals surface area contributed by atoms with Crippen molar-refractivity contribution in [3.8, 4) is 0 Å². The summed E-state index contributed by atoms with van der Waals surface area (Å²) in [5, 5.41) is 0. The van der Waals surface area contributed by atoms with Crippen molar-refractivity contribution in [2.24, 2.45) is 0 Å². The molecule has 0 aliphatic carbocycles. The van der Waals surface area contributed by atoms with Crippen LogP contribution in [-0.4, -0.2) is 6.54 Å². The van der Waals surface area contributed by atoms with E-state index in [1.54, 1.807) is 18.2 Å². The molecule has 19 heavy (non-hydrogen) atoms. The third-order valence-corrected chi connectivity index (χ3v) is 3.04. The van der Waals surface area contributed by atoms with E-state index >= 15 is 0 Å². The number of para-hydroxylation sites is 1. The molecule has 0 aromatic heterocycles. The summed E-state index contributed by atoms with van der Waals surface area (Å²) in [5.41, 5.74) is 7.48. The Balaban J connectivity index is 2.29. The van der Waals surface area contributed by atoms with Gasteiger partial charge in [0.1, 0.15) is 11.6 Å². The molecule has 0 saturated heterocycles. The maximum Gasteiger partial charge on any atom is 0.146 e. The Morgan fingerprint density at radius 3 is 2.53 bits per heavy atom. The third-order valence-electron chi connectivity index (χ3n) is 3.04. The van der Waals surface area contributed by atoms with Gasteiger partial charge in [0.25, 0.3) is 0 Å². The Morgan fingerprint density at radius 2 is 1.84 bits per heavy atom. The molecule has 0 bridgehead atoms. The smallest absolute Gasteiger partial charge is 0.146 e. The van der Waals surface area contributed by atoms with Gasteiger partial charge in [-0.2, -0.15) is 0 Å². The average molecular weight is 262 g/mol. The molecule has 0 aliphatic rings. The molecule has 100 valence electrons. The van der Waals surface area contributed by atoms with E-state index < -0.39 is 0 Å². The van der Waals surface area contributed by atoms with E-state index in [0.717, 1.165) is 0 Å². The van der Waals surface area contributed by atoms with Gasteiger partial charge in [-0.25, -0.2) is 8.78 Å². The molecule has 0 saturated carbocycles. The number of hydrogen-bond acceptors (Lipinski definition) is 2. The van der Waals surface area contributed by atoms with Gasteiger partial charge in [0.15, 0.2) is 0 Å². The van der Waals surface area contributed by atoms with E-state index in [1.165, 1.54) is 24.3 Å². The summed E-state index contributed by atoms with van der Waals surface area (Å²) >= 11 is 0. The fourth-order valence-corrected chi connectivity index (χ4v) is 1.99. The van der Waals surface area contributed by atoms with Crippen LogP contribution in [0.1, 0.15) is 12.5 Å². The van der Waals surface area contributed by atoms with Crippen LogP contribution < -0.4 is 10.6 Å². The molecular formula is C15H16F2N2. The molecule has 2 N–H and O–H groups in total. The number of nitrogens with two attached hydrogens (primary N) is 1. The average Bonchev–Trinajstić information content (AvgIpc) is 2.41. The van der Waals surface area contributed by atoms with Crippen molar-refractivity contribution in [2.45, 2.75) is 13.5 Å². The minimum atomic E-state index is -0.339. The van der Waals surface area contributed by atoms with Crippen molar-refractivity contribution >= 4 is 11.4 Å². The zero-order valence-electron chi connectivity index (χ0n) is 10.7. The standard InChI is InChI=1S/C15H16F2N2/c1-2-19(15-6-4-3-5-13(15)17)10-11-9-12(16)7-8-14(11)18/h3-9H,2,10,18H2,1H3. The summed E-state index contributed by atoms with van der Waals surface area (Å²) in [6.07, 6.45) is 0. The summed E-state index contributed by atoms with van der Waals surface area (Å²) in [6.45, 7) is 2.90. The van der Waals surface area contributed by atoms with E-state index in [0.29, 0.717) is 30.0 Å². The topological polar surface area (TPSA) is 29.3 Å². The summed E-state index contributed by atoms with van der Waals surface area (Å²) < 4.78 is 27.0. The van der Waals surface area contributed by atoms with E-state index in [4.69, 9.17) is 5.73 Å². The number of benzene rings is 2. The zero-order valence-corrected chi connectivity index (χ0v) is 10.7. The Labute approximate surface area is 111 Å². The molecule has 0 spiro atoms. The van der Waals surface area contributed by atoms with E-state index in [9.17, 15) is 8.78 Å². The molecule has 0 aliphatic heterocycles. The molecule has 0 radical (unpaired) electrons. The molecule has 2 nitrogen and oxygen atoms in total. The van der Waals surface area contributed by atoms with Crippen LogP contribution in [0.5, 0.6) is 0 Å². The van der Waals surface area contributed by atoms with Gasteiger partial charge in [0, 0.05) is 18.8 Å². The van der Waals surface area contributed by atoms with Gasteiger partial charge in [-0.05, 0) is 42.8 Å². The van der Waals surface area contributed by atoms with Gasteiger partial charge in [-0.1, -0.05) is 12.1 Å². The molecule has 0 heterocycles. The first-order chi connectivity index (χ1) is 9.11. The Bertz CT molecular complexity index is 570. The lowest BCUT2D eigenvalue weighted by molar-refractivity contribution is 0.615. The molecule has 2 aromatic rings. The highest BCUT2D eigenvalue weighted by atomic mass is 19.1. The van der Waals surface area contributed by atoms with Crippen LogP contribution in [0.2, 0.25) is 0 Å². The second-order valence-corrected chi connectivity index (χ2v) is 4.31. The summed E-state index contributed by atoms with van der Waals surface area (Å²) in [5.74, 6) is -0.631. The lowest BCUT2D eigenvalue weighted by atomic mass is 10.1. The maximum absolute atomic E-state index is 13.8. The molecule has 0 amide bonds. The Kier molecular flexibility index (Phi) is 4.00. The Hall–Kier alpha value is -2.10. The van der Waals surface area contributed by atoms with Crippen LogP contribution in [0, 0.1) is 11.6 Å². The predicted octanol–water partition coefficient (Wildman–Crippen LogP) is 3.57. The second kappa shape index (κ2) is 5.69. The van der Waals surface area contributed by atoms with Gasteiger partial charge in [-0.3, -0.25) is 0 Å². The summed E-state index contributed by atoms with van der Waals surface area (Å²) in [7, 11) is 0. The maximum atomic E-state index is 13.8. The number of rotatable bonds is 4. The highest BCUT2D eigenvalue weighted by Gasteiger charge is 2.11. The summed E-state index contributed by atoms with van der Waals surface area (Å²) in [4.78, 5) is 1.82. The quantitative estimate of drug-likeness (QED) is 0.853. The molecule has 2 aromatic carbocycles. The highest BCUT2D eigenvalue weighted by Crippen LogP contribution is 2.23. The van der Waals surface area contributed by atoms with Crippen LogP contribution in [0.25, 0.3) is 0 Å². The molecule has 0 atom stereocenters. The van der Waals surface area contributed by atoms with Crippen molar-refractivity contribution < 1.29 is 8.78 Å². The number of nitrogen functional groups attached to an aromatic ring is 1. The number of hydrogen-bond donors (Lipinski definition) is 1. The largest absolute Gasteiger partial charge is 0.398 e. The number of anilines is 2. The molecule has 0 fully saturated rings. The lowest BCUT2D eigenvalue weighted by Crippen LogP contribution is -2.23. The summed E-state index contributed by atoms with van der Waals surface area (Å²) in [6, 6.07) is 10.8. The lowest BCUT2D eigenvalue weighted by Gasteiger charge is -2.24. The fraction of sp³-hybridized carbons (Fsp3) is 0.200. The van der Waals surface area contributed by atoms with Gasteiger partial charge in [-0.15, -0.1) is 0 Å². The molecule has 0 unspecified atom stereocenters. The Morgan fingerprint density at radius 1 is 1.11 bits per heavy atom. The third kappa shape index (κ3) is 3.02. The predicted molar refractivity (Wildman–Crippen MR) is 73.9 cm³/mol. The second-order valence-electron chi connectivity index (χ2n) is 4.31. The first-order valence-electron chi connectivity index (χ1n) is 6.15. The fourth-order valence-electron chi connectivity index (χ4n) is 1.99. The van der Waals surface area contributed by atoms with Crippen LogP contribution in [0.4, 0.5) is 20.2 Å². The van der Waals surface area contributed by atoms with E-state index in [1.807, 2.05) is 11.8 Å². The minimum absolute atomic E-state index is 0.292. The SMILES string of the molecule is CCN(Cc1cc(F)ccc1N)c1ccccc1F. The van der Waals surface area contributed by atoms with Crippen molar-refractivity contribution in [1.82, 2.24) is 0 Å².